The summed E-state index contributed by atoms with van der Waals surface area (Å²) in [5.74, 6) is 1.19. The van der Waals surface area contributed by atoms with Crippen LogP contribution in [-0.4, -0.2) is 34.6 Å². The van der Waals surface area contributed by atoms with Crippen LogP contribution in [0, 0.1) is 17.8 Å². The fourth-order valence-corrected chi connectivity index (χ4v) is 7.55. The van der Waals surface area contributed by atoms with Crippen LogP contribution in [0.25, 0.3) is 10.8 Å². The Morgan fingerprint density at radius 1 is 1.06 bits per heavy atom. The highest BCUT2D eigenvalue weighted by molar-refractivity contribution is 5.93. The molecule has 5 unspecified atom stereocenters. The maximum absolute atomic E-state index is 14.1. The molecule has 4 nitrogen and oxygen atoms in total. The summed E-state index contributed by atoms with van der Waals surface area (Å²) >= 11 is 0. The van der Waals surface area contributed by atoms with E-state index < -0.39 is 5.54 Å². The monoisotopic (exact) mass is 451 g/mol. The number of carbonyl (C=O) groups excluding carboxylic acids is 1. The quantitative estimate of drug-likeness (QED) is 0.559. The van der Waals surface area contributed by atoms with Crippen molar-refractivity contribution in [3.05, 3.63) is 83.9 Å². The molecule has 1 saturated heterocycles. The molecule has 3 aliphatic heterocycles. The van der Waals surface area contributed by atoms with E-state index >= 15 is 0 Å². The largest absolute Gasteiger partial charge is 0.350 e. The molecule has 174 valence electrons. The normalized spacial score (nSPS) is 31.8. The zero-order valence-corrected chi connectivity index (χ0v) is 20.1. The summed E-state index contributed by atoms with van der Waals surface area (Å²) in [6.07, 6.45) is 4.08. The molecule has 34 heavy (non-hydrogen) atoms. The van der Waals surface area contributed by atoms with Crippen LogP contribution in [0.3, 0.4) is 0 Å². The molecule has 4 bridgehead atoms. The van der Waals surface area contributed by atoms with Gasteiger partial charge in [-0.25, -0.2) is 0 Å². The summed E-state index contributed by atoms with van der Waals surface area (Å²) in [6.45, 7) is 6.94. The molecule has 2 fully saturated rings. The number of hydrogen-bond donors (Lipinski definition) is 1. The zero-order chi connectivity index (χ0) is 23.3. The fourth-order valence-electron chi connectivity index (χ4n) is 7.55. The summed E-state index contributed by atoms with van der Waals surface area (Å²) < 4.78 is 0. The highest BCUT2D eigenvalue weighted by Crippen LogP contribution is 2.61. The summed E-state index contributed by atoms with van der Waals surface area (Å²) in [5, 5.41) is 5.88. The van der Waals surface area contributed by atoms with Gasteiger partial charge in [0.1, 0.15) is 0 Å². The van der Waals surface area contributed by atoms with Crippen molar-refractivity contribution in [3.63, 3.8) is 0 Å². The third-order valence-corrected chi connectivity index (χ3v) is 9.10. The molecule has 3 heterocycles. The second kappa shape index (κ2) is 8.06. The highest BCUT2D eigenvalue weighted by atomic mass is 16.2. The number of fused-ring (bicyclic) bond motifs is 1. The number of benzene rings is 3. The number of likely N-dealkylation sites (tertiary alicyclic amines) is 1. The maximum atomic E-state index is 14.1. The van der Waals surface area contributed by atoms with E-state index in [1.165, 1.54) is 16.3 Å². The Labute approximate surface area is 202 Å². The van der Waals surface area contributed by atoms with E-state index in [1.807, 2.05) is 18.2 Å². The lowest BCUT2D eigenvalue weighted by molar-refractivity contribution is -0.138. The van der Waals surface area contributed by atoms with Gasteiger partial charge in [-0.2, -0.15) is 0 Å². The molecule has 5 atom stereocenters. The van der Waals surface area contributed by atoms with Gasteiger partial charge in [0.05, 0.1) is 5.54 Å². The Morgan fingerprint density at radius 2 is 1.82 bits per heavy atom. The molecule has 4 aliphatic rings. The molecule has 0 spiro atoms. The third-order valence-electron chi connectivity index (χ3n) is 9.10. The van der Waals surface area contributed by atoms with Crippen molar-refractivity contribution in [2.45, 2.75) is 50.9 Å². The van der Waals surface area contributed by atoms with E-state index in [1.54, 1.807) is 0 Å². The molecule has 0 aromatic heterocycles. The number of nitrogens with zero attached hydrogens (tertiary/aromatic N) is 2. The first-order valence-electron chi connectivity index (χ1n) is 12.7. The molecular weight excluding hydrogens is 418 g/mol. The minimum absolute atomic E-state index is 0.102. The average Bonchev–Trinajstić information content (AvgIpc) is 3.12. The maximum Gasteiger partial charge on any atom is 0.250 e. The number of amides is 1. The van der Waals surface area contributed by atoms with Crippen molar-refractivity contribution in [2.24, 2.45) is 22.7 Å². The Balaban J connectivity index is 1.38. The predicted octanol–water partition coefficient (Wildman–Crippen LogP) is 5.22. The van der Waals surface area contributed by atoms with E-state index in [0.29, 0.717) is 18.4 Å². The molecule has 4 heteroatoms. The van der Waals surface area contributed by atoms with Crippen LogP contribution in [0.5, 0.6) is 0 Å². The first-order valence-corrected chi connectivity index (χ1v) is 12.7. The van der Waals surface area contributed by atoms with Gasteiger partial charge in [0.15, 0.2) is 5.54 Å². The van der Waals surface area contributed by atoms with Crippen LogP contribution in [0.15, 0.2) is 77.8 Å². The van der Waals surface area contributed by atoms with E-state index in [2.05, 4.69) is 84.9 Å². The lowest BCUT2D eigenvalue weighted by Gasteiger charge is -2.58. The Kier molecular flexibility index (Phi) is 5.11. The standard InChI is InChI=1S/C30H33N3O/c1-3-29-21(2)25-16-26(20-33(29)19-24-14-9-13-23-12-7-8-15-27(23)24)30(29,32-18-25)28(34)31-17-22-10-5-4-6-11-22/h4-15,18,21,25-26H,3,16-17,19-20H2,1-2H3,(H,31,34). The molecular formula is C30H33N3O. The van der Waals surface area contributed by atoms with Gasteiger partial charge in [0.2, 0.25) is 5.91 Å². The SMILES string of the molecule is CCC12C(C)C3C=NC1(C(=O)NCc1ccccc1)C(C3)CN2Cc1cccc2ccccc12. The van der Waals surface area contributed by atoms with Gasteiger partial charge < -0.3 is 5.32 Å². The average molecular weight is 452 g/mol. The topological polar surface area (TPSA) is 44.7 Å². The zero-order valence-electron chi connectivity index (χ0n) is 20.1. The van der Waals surface area contributed by atoms with Crippen LogP contribution in [0.4, 0.5) is 0 Å². The molecule has 3 aromatic rings. The van der Waals surface area contributed by atoms with Crippen molar-refractivity contribution in [2.75, 3.05) is 6.54 Å². The first-order chi connectivity index (χ1) is 16.6. The van der Waals surface area contributed by atoms with Crippen LogP contribution in [0.1, 0.15) is 37.8 Å². The number of aliphatic imine (C=N–C) groups is 1. The molecule has 3 aromatic carbocycles. The summed E-state index contributed by atoms with van der Waals surface area (Å²) in [4.78, 5) is 21.8. The van der Waals surface area contributed by atoms with E-state index in [4.69, 9.17) is 4.99 Å². The van der Waals surface area contributed by atoms with Crippen molar-refractivity contribution in [3.8, 4) is 0 Å². The Morgan fingerprint density at radius 3 is 2.65 bits per heavy atom. The third kappa shape index (κ3) is 2.88. The fraction of sp³-hybridized carbons (Fsp3) is 0.400. The highest BCUT2D eigenvalue weighted by Gasteiger charge is 2.74. The number of carbonyl (C=O) groups is 1. The first kappa shape index (κ1) is 21.5. The van der Waals surface area contributed by atoms with Crippen molar-refractivity contribution in [1.82, 2.24) is 10.2 Å². The lowest BCUT2D eigenvalue weighted by atomic mass is 9.53. The van der Waals surface area contributed by atoms with E-state index in [0.717, 1.165) is 31.5 Å². The van der Waals surface area contributed by atoms with Crippen LogP contribution >= 0.6 is 0 Å². The van der Waals surface area contributed by atoms with Crippen molar-refractivity contribution in [1.29, 1.82) is 0 Å². The minimum Gasteiger partial charge on any atom is -0.350 e. The summed E-state index contributed by atoms with van der Waals surface area (Å²) in [5.41, 5.74) is 1.48. The van der Waals surface area contributed by atoms with E-state index in [9.17, 15) is 4.79 Å². The second-order valence-corrected chi connectivity index (χ2v) is 10.4. The smallest absolute Gasteiger partial charge is 0.250 e. The molecule has 1 amide bonds. The van der Waals surface area contributed by atoms with Gasteiger partial charge in [0, 0.05) is 31.8 Å². The minimum atomic E-state index is -0.713. The Hall–Kier alpha value is -2.98. The molecule has 1 aliphatic carbocycles. The number of rotatable bonds is 6. The van der Waals surface area contributed by atoms with Crippen LogP contribution in [0.2, 0.25) is 0 Å². The number of nitrogens with one attached hydrogen (secondary N) is 1. The van der Waals surface area contributed by atoms with Gasteiger partial charge in [-0.1, -0.05) is 86.6 Å². The Bertz CT molecular complexity index is 1250. The van der Waals surface area contributed by atoms with Gasteiger partial charge in [-0.15, -0.1) is 0 Å². The van der Waals surface area contributed by atoms with Gasteiger partial charge in [0.25, 0.3) is 0 Å². The lowest BCUT2D eigenvalue weighted by Crippen LogP contribution is -2.73. The van der Waals surface area contributed by atoms with Gasteiger partial charge in [-0.05, 0) is 46.6 Å². The number of hydrogen-bond acceptors (Lipinski definition) is 3. The molecule has 7 rings (SSSR count). The van der Waals surface area contributed by atoms with Gasteiger partial charge in [-0.3, -0.25) is 14.7 Å². The van der Waals surface area contributed by atoms with Crippen molar-refractivity contribution < 1.29 is 4.79 Å². The molecule has 0 radical (unpaired) electrons. The predicted molar refractivity (Wildman–Crippen MR) is 138 cm³/mol. The van der Waals surface area contributed by atoms with Crippen LogP contribution in [-0.2, 0) is 17.9 Å². The van der Waals surface area contributed by atoms with Crippen LogP contribution < -0.4 is 5.32 Å². The second-order valence-electron chi connectivity index (χ2n) is 10.4. The summed E-state index contributed by atoms with van der Waals surface area (Å²) in [6, 6.07) is 25.4. The molecule has 1 N–H and O–H groups in total. The van der Waals surface area contributed by atoms with Crippen molar-refractivity contribution >= 4 is 22.9 Å². The van der Waals surface area contributed by atoms with Gasteiger partial charge >= 0.3 is 0 Å². The molecule has 1 saturated carbocycles. The van der Waals surface area contributed by atoms with E-state index in [-0.39, 0.29) is 17.4 Å². The summed E-state index contributed by atoms with van der Waals surface area (Å²) in [7, 11) is 0.